The van der Waals surface area contributed by atoms with Crippen LogP contribution in [0.3, 0.4) is 0 Å². The van der Waals surface area contributed by atoms with E-state index >= 15 is 0 Å². The lowest BCUT2D eigenvalue weighted by Gasteiger charge is -2.29. The van der Waals surface area contributed by atoms with Crippen LogP contribution in [-0.2, 0) is 48.2 Å². The second kappa shape index (κ2) is 15.9. The molecule has 204 valence electrons. The van der Waals surface area contributed by atoms with Gasteiger partial charge in [0.25, 0.3) is 0 Å². The van der Waals surface area contributed by atoms with Crippen molar-refractivity contribution >= 4 is 28.2 Å². The van der Waals surface area contributed by atoms with Gasteiger partial charge in [0.15, 0.2) is 0 Å². The van der Waals surface area contributed by atoms with Gasteiger partial charge >= 0.3 is 28.2 Å². The van der Waals surface area contributed by atoms with E-state index in [0.717, 1.165) is 4.31 Å². The number of hydrogen-bond acceptors (Lipinski definition) is 11. The summed E-state index contributed by atoms with van der Waals surface area (Å²) in [6.45, 7) is 6.94. The normalized spacial score (nSPS) is 15.4. The third kappa shape index (κ3) is 14.2. The van der Waals surface area contributed by atoms with E-state index in [1.165, 1.54) is 7.11 Å². The van der Waals surface area contributed by atoms with Gasteiger partial charge in [-0.1, -0.05) is 0 Å². The van der Waals surface area contributed by atoms with E-state index in [4.69, 9.17) is 23.7 Å². The topological polar surface area (TPSA) is 156 Å². The molecule has 0 saturated carbocycles. The van der Waals surface area contributed by atoms with Crippen molar-refractivity contribution in [2.75, 3.05) is 66.4 Å². The maximum atomic E-state index is 12.2. The number of ether oxygens (including phenoxy) is 6. The first-order valence-electron chi connectivity index (χ1n) is 11.4. The highest BCUT2D eigenvalue weighted by Gasteiger charge is 2.32. The number of piperidine rings is 1. The van der Waals surface area contributed by atoms with Crippen LogP contribution in [0.2, 0.25) is 0 Å². The summed E-state index contributed by atoms with van der Waals surface area (Å²) >= 11 is 0. The van der Waals surface area contributed by atoms with Crippen molar-refractivity contribution in [2.24, 2.45) is 5.92 Å². The predicted octanol–water partition coefficient (Wildman–Crippen LogP) is 0.624. The van der Waals surface area contributed by atoms with Crippen LogP contribution in [0.4, 0.5) is 4.79 Å². The van der Waals surface area contributed by atoms with E-state index in [9.17, 15) is 22.8 Å². The molecule has 1 rings (SSSR count). The lowest BCUT2D eigenvalue weighted by Crippen LogP contribution is -2.48. The summed E-state index contributed by atoms with van der Waals surface area (Å²) in [5.74, 6) is -1.04. The van der Waals surface area contributed by atoms with Crippen molar-refractivity contribution < 1.29 is 51.2 Å². The van der Waals surface area contributed by atoms with Crippen molar-refractivity contribution in [2.45, 2.75) is 45.6 Å². The van der Waals surface area contributed by atoms with Crippen LogP contribution in [0.5, 0.6) is 0 Å². The fourth-order valence-electron chi connectivity index (χ4n) is 2.98. The van der Waals surface area contributed by atoms with Crippen molar-refractivity contribution in [3.63, 3.8) is 0 Å². The maximum Gasteiger partial charge on any atom is 0.422 e. The minimum absolute atomic E-state index is 0.0632. The summed E-state index contributed by atoms with van der Waals surface area (Å²) in [7, 11) is -2.77. The average Bonchev–Trinajstić information content (AvgIpc) is 2.77. The lowest BCUT2D eigenvalue weighted by molar-refractivity contribution is -0.156. The van der Waals surface area contributed by atoms with Crippen LogP contribution in [-0.4, -0.2) is 103 Å². The molecule has 0 aromatic heterocycles. The molecule has 1 amide bonds. The van der Waals surface area contributed by atoms with Crippen molar-refractivity contribution in [1.29, 1.82) is 0 Å². The van der Waals surface area contributed by atoms with E-state index in [-0.39, 0.29) is 70.4 Å². The van der Waals surface area contributed by atoms with Crippen LogP contribution in [0.1, 0.15) is 40.0 Å². The molecule has 1 N–H and O–H groups in total. The molecule has 14 heteroatoms. The molecule has 0 aromatic carbocycles. The number of nitrogens with one attached hydrogen (secondary N) is 1. The molecule has 0 atom stereocenters. The van der Waals surface area contributed by atoms with E-state index in [1.807, 2.05) is 4.72 Å². The quantitative estimate of drug-likeness (QED) is 0.181. The molecule has 1 aliphatic rings. The van der Waals surface area contributed by atoms with Crippen LogP contribution >= 0.6 is 0 Å². The average molecular weight is 527 g/mol. The van der Waals surface area contributed by atoms with Crippen LogP contribution < -0.4 is 4.72 Å². The first-order valence-corrected chi connectivity index (χ1v) is 12.9. The Morgan fingerprint density at radius 1 is 0.886 bits per heavy atom. The van der Waals surface area contributed by atoms with Crippen molar-refractivity contribution in [1.82, 2.24) is 9.03 Å². The van der Waals surface area contributed by atoms with E-state index in [1.54, 1.807) is 20.8 Å². The Bertz CT molecular complexity index is 760. The molecule has 1 saturated heterocycles. The summed E-state index contributed by atoms with van der Waals surface area (Å²) in [4.78, 5) is 34.8. The molecule has 0 radical (unpaired) electrons. The summed E-state index contributed by atoms with van der Waals surface area (Å²) < 4.78 is 57.9. The van der Waals surface area contributed by atoms with Crippen LogP contribution in [0.25, 0.3) is 0 Å². The summed E-state index contributed by atoms with van der Waals surface area (Å²) in [6.07, 6.45) is -0.306. The fraction of sp³-hybridized carbons (Fsp3) is 0.857. The zero-order chi connectivity index (χ0) is 26.3. The Labute approximate surface area is 206 Å². The second-order valence-electron chi connectivity index (χ2n) is 8.61. The van der Waals surface area contributed by atoms with Gasteiger partial charge in [0.2, 0.25) is 0 Å². The van der Waals surface area contributed by atoms with Gasteiger partial charge in [-0.2, -0.15) is 12.7 Å². The monoisotopic (exact) mass is 526 g/mol. The maximum absolute atomic E-state index is 12.2. The SMILES string of the molecule is COC(=O)C1CCN(S(=O)(=O)NC(=O)OCCOCCOCCOCCC(=O)OC(C)(C)C)CC1. The molecule has 0 unspecified atom stereocenters. The predicted molar refractivity (Wildman–Crippen MR) is 123 cm³/mol. The minimum Gasteiger partial charge on any atom is -0.469 e. The number of methoxy groups -OCH3 is 1. The molecule has 0 bridgehead atoms. The van der Waals surface area contributed by atoms with Gasteiger partial charge in [-0.05, 0) is 33.6 Å². The molecule has 13 nitrogen and oxygen atoms in total. The van der Waals surface area contributed by atoms with Gasteiger partial charge in [-0.25, -0.2) is 9.52 Å². The molecule has 0 aromatic rings. The second-order valence-corrected chi connectivity index (χ2v) is 10.3. The van der Waals surface area contributed by atoms with Gasteiger partial charge in [0.1, 0.15) is 12.2 Å². The van der Waals surface area contributed by atoms with E-state index in [0.29, 0.717) is 26.1 Å². The Balaban J connectivity index is 2.01. The van der Waals surface area contributed by atoms with Gasteiger partial charge in [0, 0.05) is 13.1 Å². The van der Waals surface area contributed by atoms with E-state index in [2.05, 4.69) is 4.74 Å². The minimum atomic E-state index is -4.06. The number of rotatable bonds is 15. The highest BCUT2D eigenvalue weighted by atomic mass is 32.2. The Morgan fingerprint density at radius 3 is 1.91 bits per heavy atom. The fourth-order valence-corrected chi connectivity index (χ4v) is 4.07. The van der Waals surface area contributed by atoms with Crippen LogP contribution in [0.15, 0.2) is 0 Å². The standard InChI is InChI=1S/C21H38N2O11S/c1-21(2,3)34-18(24)7-10-30-11-12-31-13-14-32-15-16-33-20(26)22-35(27,28)23-8-5-17(6-9-23)19(25)29-4/h17H,5-16H2,1-4H3,(H,22,26). The van der Waals surface area contributed by atoms with Gasteiger partial charge in [-0.3, -0.25) is 9.59 Å². The molecular formula is C21H38N2O11S. The lowest BCUT2D eigenvalue weighted by atomic mass is 9.99. The molecule has 0 spiro atoms. The summed E-state index contributed by atoms with van der Waals surface area (Å²) in [5.41, 5.74) is -0.516. The number of nitrogens with zero attached hydrogens (tertiary/aromatic N) is 1. The molecule has 0 aliphatic carbocycles. The number of hydrogen-bond donors (Lipinski definition) is 1. The molecule has 1 aliphatic heterocycles. The molecule has 1 fully saturated rings. The van der Waals surface area contributed by atoms with Crippen molar-refractivity contribution in [3.05, 3.63) is 0 Å². The number of carbonyl (C=O) groups is 3. The van der Waals surface area contributed by atoms with Gasteiger partial charge in [-0.15, -0.1) is 0 Å². The van der Waals surface area contributed by atoms with Gasteiger partial charge in [0.05, 0.1) is 59.1 Å². The number of carbonyl (C=O) groups excluding carboxylic acids is 3. The Morgan fingerprint density at radius 2 is 1.40 bits per heavy atom. The number of esters is 2. The van der Waals surface area contributed by atoms with Crippen molar-refractivity contribution in [3.8, 4) is 0 Å². The highest BCUT2D eigenvalue weighted by Crippen LogP contribution is 2.20. The zero-order valence-corrected chi connectivity index (χ0v) is 21.7. The zero-order valence-electron chi connectivity index (χ0n) is 20.9. The third-order valence-electron chi connectivity index (χ3n) is 4.62. The van der Waals surface area contributed by atoms with Gasteiger partial charge < -0.3 is 28.4 Å². The first-order chi connectivity index (χ1) is 16.4. The van der Waals surface area contributed by atoms with Crippen LogP contribution in [0, 0.1) is 5.92 Å². The largest absolute Gasteiger partial charge is 0.469 e. The third-order valence-corrected chi connectivity index (χ3v) is 6.09. The van der Waals surface area contributed by atoms with E-state index < -0.39 is 21.9 Å². The molecule has 35 heavy (non-hydrogen) atoms. The Kier molecular flexibility index (Phi) is 14.1. The Hall–Kier alpha value is -2.00. The molecule has 1 heterocycles. The smallest absolute Gasteiger partial charge is 0.422 e. The molecular weight excluding hydrogens is 488 g/mol. The first kappa shape index (κ1) is 31.0. The summed E-state index contributed by atoms with van der Waals surface area (Å²) in [5, 5.41) is 0. The summed E-state index contributed by atoms with van der Waals surface area (Å²) in [6, 6.07) is 0. The highest BCUT2D eigenvalue weighted by molar-refractivity contribution is 7.87. The number of amides is 1.